The first-order valence-corrected chi connectivity index (χ1v) is 13.8. The predicted molar refractivity (Wildman–Crippen MR) is 145 cm³/mol. The number of anilines is 1. The van der Waals surface area contributed by atoms with Crippen LogP contribution in [-0.2, 0) is 14.8 Å². The third kappa shape index (κ3) is 6.90. The van der Waals surface area contributed by atoms with Gasteiger partial charge in [0.2, 0.25) is 10.0 Å². The molecule has 0 amide bonds. The molecule has 10 nitrogen and oxygen atoms in total. The number of morpholine rings is 1. The molecule has 2 N–H and O–H groups in total. The zero-order valence-electron chi connectivity index (χ0n) is 19.7. The van der Waals surface area contributed by atoms with Gasteiger partial charge >= 0.3 is 5.97 Å². The highest BCUT2D eigenvalue weighted by atomic mass is 32.2. The van der Waals surface area contributed by atoms with Crippen LogP contribution >= 0.6 is 23.6 Å². The molecule has 2 heterocycles. The van der Waals surface area contributed by atoms with Gasteiger partial charge in [-0.15, -0.1) is 11.3 Å². The van der Waals surface area contributed by atoms with Gasteiger partial charge in [-0.05, 0) is 71.7 Å². The Balaban J connectivity index is 1.31. The highest BCUT2D eigenvalue weighted by Gasteiger charge is 2.26. The number of methoxy groups -OCH3 is 1. The number of esters is 1. The van der Waals surface area contributed by atoms with Crippen LogP contribution in [0, 0.1) is 0 Å². The van der Waals surface area contributed by atoms with Crippen LogP contribution in [0.2, 0.25) is 0 Å². The number of thiocarbonyl (C=S) groups is 1. The van der Waals surface area contributed by atoms with Crippen LogP contribution < -0.4 is 20.2 Å². The molecule has 0 bridgehead atoms. The molecule has 1 aromatic heterocycles. The van der Waals surface area contributed by atoms with E-state index in [1.54, 1.807) is 47.8 Å². The molecule has 2 aromatic carbocycles. The van der Waals surface area contributed by atoms with Gasteiger partial charge in [0.25, 0.3) is 0 Å². The van der Waals surface area contributed by atoms with E-state index in [1.165, 1.54) is 41.1 Å². The minimum atomic E-state index is -3.56. The molecule has 13 heteroatoms. The fourth-order valence-corrected chi connectivity index (χ4v) is 5.54. The van der Waals surface area contributed by atoms with E-state index in [0.717, 1.165) is 0 Å². The minimum Gasteiger partial charge on any atom is -0.493 e. The summed E-state index contributed by atoms with van der Waals surface area (Å²) in [5.74, 6) is 0.212. The summed E-state index contributed by atoms with van der Waals surface area (Å²) in [5, 5.41) is 9.07. The number of carbonyl (C=O) groups is 1. The molecule has 0 aliphatic carbocycles. The maximum Gasteiger partial charge on any atom is 0.353 e. The SMILES string of the molecule is COc1cc(/C=N\NC(=S)Nc2ccc(S(=O)(=O)N3CCOCC3)cc2)ccc1OC(=O)c1cccs1. The Labute approximate surface area is 223 Å². The fraction of sp³-hybridized carbons (Fsp3) is 0.208. The summed E-state index contributed by atoms with van der Waals surface area (Å²) in [7, 11) is -2.08. The second-order valence-electron chi connectivity index (χ2n) is 7.64. The van der Waals surface area contributed by atoms with E-state index in [-0.39, 0.29) is 10.0 Å². The first-order chi connectivity index (χ1) is 17.9. The number of thiophene rings is 1. The van der Waals surface area contributed by atoms with Gasteiger partial charge in [0, 0.05) is 18.8 Å². The van der Waals surface area contributed by atoms with Gasteiger partial charge in [0.1, 0.15) is 4.88 Å². The molecular weight excluding hydrogens is 536 g/mol. The largest absolute Gasteiger partial charge is 0.493 e. The fourth-order valence-electron chi connectivity index (χ4n) is 3.36. The highest BCUT2D eigenvalue weighted by Crippen LogP contribution is 2.29. The number of sulfonamides is 1. The molecule has 0 unspecified atom stereocenters. The van der Waals surface area contributed by atoms with Crippen LogP contribution in [0.25, 0.3) is 0 Å². The molecule has 1 aliphatic heterocycles. The number of hydrogen-bond donors (Lipinski definition) is 2. The second kappa shape index (κ2) is 12.3. The summed E-state index contributed by atoms with van der Waals surface area (Å²) >= 11 is 6.55. The molecule has 37 heavy (non-hydrogen) atoms. The van der Waals surface area contributed by atoms with Crippen molar-refractivity contribution >= 4 is 56.6 Å². The number of benzene rings is 2. The lowest BCUT2D eigenvalue weighted by Crippen LogP contribution is -2.40. The summed E-state index contributed by atoms with van der Waals surface area (Å²) in [5.41, 5.74) is 3.99. The number of nitrogens with one attached hydrogen (secondary N) is 2. The number of rotatable bonds is 8. The average molecular weight is 561 g/mol. The summed E-state index contributed by atoms with van der Waals surface area (Å²) in [6, 6.07) is 14.8. The van der Waals surface area contributed by atoms with Crippen molar-refractivity contribution in [2.24, 2.45) is 5.10 Å². The van der Waals surface area contributed by atoms with Crippen LogP contribution in [-0.4, -0.2) is 63.4 Å². The monoisotopic (exact) mass is 560 g/mol. The lowest BCUT2D eigenvalue weighted by atomic mass is 10.2. The van der Waals surface area contributed by atoms with Gasteiger partial charge in [-0.2, -0.15) is 9.41 Å². The van der Waals surface area contributed by atoms with Gasteiger partial charge in [0.15, 0.2) is 16.6 Å². The molecule has 1 fully saturated rings. The number of hydrogen-bond acceptors (Lipinski definition) is 9. The van der Waals surface area contributed by atoms with Crippen molar-refractivity contribution < 1.29 is 27.4 Å². The Hall–Kier alpha value is -3.36. The molecular formula is C24H24N4O6S3. The normalized spacial score (nSPS) is 14.3. The Morgan fingerprint density at radius 3 is 2.57 bits per heavy atom. The Bertz CT molecular complexity index is 1370. The van der Waals surface area contributed by atoms with Gasteiger partial charge in [-0.25, -0.2) is 13.2 Å². The summed E-state index contributed by atoms with van der Waals surface area (Å²) in [4.78, 5) is 12.9. The predicted octanol–water partition coefficient (Wildman–Crippen LogP) is 3.32. The Morgan fingerprint density at radius 1 is 1.14 bits per heavy atom. The quantitative estimate of drug-likeness (QED) is 0.141. The van der Waals surface area contributed by atoms with Crippen LogP contribution in [0.4, 0.5) is 5.69 Å². The lowest BCUT2D eigenvalue weighted by molar-refractivity contribution is 0.0730. The van der Waals surface area contributed by atoms with Crippen molar-refractivity contribution in [3.8, 4) is 11.5 Å². The molecule has 194 valence electrons. The second-order valence-corrected chi connectivity index (χ2v) is 10.9. The Morgan fingerprint density at radius 2 is 1.89 bits per heavy atom. The third-order valence-corrected chi connectivity index (χ3v) is 8.17. The number of carbonyl (C=O) groups excluding carboxylic acids is 1. The number of nitrogens with zero attached hydrogens (tertiary/aromatic N) is 2. The zero-order chi connectivity index (χ0) is 26.3. The standard InChI is InChI=1S/C24H24N4O6S3/c1-32-21-15-17(4-9-20(21)34-23(29)22-3-2-14-36-22)16-25-27-24(35)26-18-5-7-19(8-6-18)37(30,31)28-10-12-33-13-11-28/h2-9,14-16H,10-13H2,1H3,(H2,26,27,35)/b25-16-. The smallest absolute Gasteiger partial charge is 0.353 e. The summed E-state index contributed by atoms with van der Waals surface area (Å²) in [6.07, 6.45) is 1.53. The van der Waals surface area contributed by atoms with Crippen LogP contribution in [0.5, 0.6) is 11.5 Å². The molecule has 4 rings (SSSR count). The van der Waals surface area contributed by atoms with E-state index >= 15 is 0 Å². The molecule has 1 saturated heterocycles. The van der Waals surface area contributed by atoms with Crippen molar-refractivity contribution in [2.75, 3.05) is 38.7 Å². The molecule has 0 saturated carbocycles. The summed E-state index contributed by atoms with van der Waals surface area (Å²) in [6.45, 7) is 1.45. The van der Waals surface area contributed by atoms with E-state index in [2.05, 4.69) is 15.8 Å². The van der Waals surface area contributed by atoms with Crippen molar-refractivity contribution in [3.05, 3.63) is 70.4 Å². The van der Waals surface area contributed by atoms with E-state index in [4.69, 9.17) is 26.4 Å². The van der Waals surface area contributed by atoms with Crippen LogP contribution in [0.3, 0.4) is 0 Å². The molecule has 1 aliphatic rings. The van der Waals surface area contributed by atoms with Gasteiger partial charge in [0.05, 0.1) is 31.4 Å². The van der Waals surface area contributed by atoms with E-state index in [9.17, 15) is 13.2 Å². The average Bonchev–Trinajstić information content (AvgIpc) is 3.46. The van der Waals surface area contributed by atoms with Crippen LogP contribution in [0.1, 0.15) is 15.2 Å². The maximum absolute atomic E-state index is 12.7. The van der Waals surface area contributed by atoms with Crippen LogP contribution in [0.15, 0.2) is 70.0 Å². The van der Waals surface area contributed by atoms with Crippen molar-refractivity contribution in [2.45, 2.75) is 4.90 Å². The number of hydrazone groups is 1. The first-order valence-electron chi connectivity index (χ1n) is 11.1. The maximum atomic E-state index is 12.7. The lowest BCUT2D eigenvalue weighted by Gasteiger charge is -2.26. The van der Waals surface area contributed by atoms with Gasteiger partial charge in [-0.3, -0.25) is 5.43 Å². The summed E-state index contributed by atoms with van der Waals surface area (Å²) < 4.78 is 42.9. The number of ether oxygens (including phenoxy) is 3. The van der Waals surface area contributed by atoms with Gasteiger partial charge < -0.3 is 19.5 Å². The third-order valence-electron chi connectivity index (χ3n) is 5.21. The minimum absolute atomic E-state index is 0.204. The molecule has 3 aromatic rings. The van der Waals surface area contributed by atoms with E-state index in [0.29, 0.717) is 53.9 Å². The molecule has 0 atom stereocenters. The van der Waals surface area contributed by atoms with Gasteiger partial charge in [-0.1, -0.05) is 6.07 Å². The Kier molecular flexibility index (Phi) is 8.84. The molecule has 0 spiro atoms. The first kappa shape index (κ1) is 26.7. The molecule has 0 radical (unpaired) electrons. The van der Waals surface area contributed by atoms with E-state index in [1.807, 2.05) is 0 Å². The topological polar surface area (TPSA) is 119 Å². The van der Waals surface area contributed by atoms with E-state index < -0.39 is 16.0 Å². The van der Waals surface area contributed by atoms with Crippen molar-refractivity contribution in [1.29, 1.82) is 0 Å². The highest BCUT2D eigenvalue weighted by molar-refractivity contribution is 7.89. The zero-order valence-corrected chi connectivity index (χ0v) is 22.2. The van der Waals surface area contributed by atoms with Crippen molar-refractivity contribution in [1.82, 2.24) is 9.73 Å². The van der Waals surface area contributed by atoms with Crippen molar-refractivity contribution in [3.63, 3.8) is 0 Å².